The third-order valence-corrected chi connectivity index (χ3v) is 4.50. The van der Waals surface area contributed by atoms with Crippen LogP contribution in [0.25, 0.3) is 0 Å². The Morgan fingerprint density at radius 2 is 2.24 bits per heavy atom. The lowest BCUT2D eigenvalue weighted by atomic mass is 9.80. The first-order valence-electron chi connectivity index (χ1n) is 6.26. The van der Waals surface area contributed by atoms with Gasteiger partial charge in [0, 0.05) is 17.1 Å². The van der Waals surface area contributed by atoms with E-state index >= 15 is 0 Å². The number of halogens is 1. The van der Waals surface area contributed by atoms with E-state index in [4.69, 9.17) is 4.74 Å². The molecule has 1 atom stereocenters. The van der Waals surface area contributed by atoms with Crippen LogP contribution in [-0.2, 0) is 6.54 Å². The Labute approximate surface area is 112 Å². The molecule has 0 aromatic heterocycles. The minimum atomic E-state index is 0.613. The van der Waals surface area contributed by atoms with Crippen molar-refractivity contribution in [2.24, 2.45) is 5.92 Å². The lowest BCUT2D eigenvalue weighted by Crippen LogP contribution is -2.36. The van der Waals surface area contributed by atoms with Gasteiger partial charge in [-0.3, -0.25) is 0 Å². The minimum absolute atomic E-state index is 0.613. The van der Waals surface area contributed by atoms with Crippen molar-refractivity contribution in [3.8, 4) is 5.75 Å². The fourth-order valence-electron chi connectivity index (χ4n) is 2.19. The molecule has 0 radical (unpaired) electrons. The van der Waals surface area contributed by atoms with Crippen LogP contribution in [0.4, 0.5) is 0 Å². The summed E-state index contributed by atoms with van der Waals surface area (Å²) in [5, 5.41) is 3.61. The molecule has 0 aliphatic heterocycles. The smallest absolute Gasteiger partial charge is 0.119 e. The summed E-state index contributed by atoms with van der Waals surface area (Å²) in [6, 6.07) is 6.72. The number of benzene rings is 1. The summed E-state index contributed by atoms with van der Waals surface area (Å²) in [5.74, 6) is 1.79. The molecule has 1 aromatic carbocycles. The summed E-state index contributed by atoms with van der Waals surface area (Å²) < 4.78 is 6.39. The van der Waals surface area contributed by atoms with Gasteiger partial charge in [-0.1, -0.05) is 22.4 Å². The highest BCUT2D eigenvalue weighted by Gasteiger charge is 2.23. The summed E-state index contributed by atoms with van der Waals surface area (Å²) in [7, 11) is 1.71. The molecular weight excluding hydrogens is 278 g/mol. The molecule has 3 heteroatoms. The van der Waals surface area contributed by atoms with Crippen molar-refractivity contribution in [2.45, 2.75) is 38.8 Å². The van der Waals surface area contributed by atoms with Crippen LogP contribution in [0, 0.1) is 5.92 Å². The van der Waals surface area contributed by atoms with Gasteiger partial charge in [0.2, 0.25) is 0 Å². The highest BCUT2D eigenvalue weighted by molar-refractivity contribution is 9.10. The summed E-state index contributed by atoms with van der Waals surface area (Å²) >= 11 is 3.58. The van der Waals surface area contributed by atoms with E-state index in [0.717, 1.165) is 22.7 Å². The SMILES string of the molecule is COc1ccc(Br)c(CNC(C)C2CCC2)c1. The standard InChI is InChI=1S/C14H20BrNO/c1-10(11-4-3-5-11)16-9-12-8-13(17-2)6-7-14(12)15/h6-8,10-11,16H,3-5,9H2,1-2H3. The number of hydrogen-bond acceptors (Lipinski definition) is 2. The monoisotopic (exact) mass is 297 g/mol. The molecule has 2 nitrogen and oxygen atoms in total. The lowest BCUT2D eigenvalue weighted by Gasteiger charge is -2.32. The summed E-state index contributed by atoms with van der Waals surface area (Å²) in [6.45, 7) is 3.19. The van der Waals surface area contributed by atoms with Gasteiger partial charge in [-0.2, -0.15) is 0 Å². The van der Waals surface area contributed by atoms with E-state index in [2.05, 4.69) is 34.2 Å². The zero-order valence-corrected chi connectivity index (χ0v) is 12.1. The molecule has 1 unspecified atom stereocenters. The van der Waals surface area contributed by atoms with Crippen LogP contribution in [0.1, 0.15) is 31.7 Å². The largest absolute Gasteiger partial charge is 0.497 e. The van der Waals surface area contributed by atoms with Gasteiger partial charge in [0.15, 0.2) is 0 Å². The predicted octanol–water partition coefficient (Wildman–Crippen LogP) is 3.74. The Balaban J connectivity index is 1.92. The predicted molar refractivity (Wildman–Crippen MR) is 74.3 cm³/mol. The van der Waals surface area contributed by atoms with E-state index in [9.17, 15) is 0 Å². The molecule has 2 rings (SSSR count). The normalized spacial score (nSPS) is 17.6. The average Bonchev–Trinajstić information content (AvgIpc) is 2.25. The number of methoxy groups -OCH3 is 1. The first-order valence-corrected chi connectivity index (χ1v) is 7.06. The maximum Gasteiger partial charge on any atom is 0.119 e. The van der Waals surface area contributed by atoms with Crippen LogP contribution in [0.5, 0.6) is 5.75 Å². The van der Waals surface area contributed by atoms with Gasteiger partial charge in [0.1, 0.15) is 5.75 Å². The van der Waals surface area contributed by atoms with Gasteiger partial charge >= 0.3 is 0 Å². The Hall–Kier alpha value is -0.540. The summed E-state index contributed by atoms with van der Waals surface area (Å²) in [4.78, 5) is 0. The highest BCUT2D eigenvalue weighted by Crippen LogP contribution is 2.30. The quantitative estimate of drug-likeness (QED) is 0.894. The molecule has 0 saturated heterocycles. The van der Waals surface area contributed by atoms with E-state index in [1.165, 1.54) is 24.8 Å². The summed E-state index contributed by atoms with van der Waals surface area (Å²) in [5.41, 5.74) is 1.26. The van der Waals surface area contributed by atoms with E-state index < -0.39 is 0 Å². The molecule has 1 N–H and O–H groups in total. The fraction of sp³-hybridized carbons (Fsp3) is 0.571. The van der Waals surface area contributed by atoms with Crippen molar-refractivity contribution >= 4 is 15.9 Å². The van der Waals surface area contributed by atoms with Gasteiger partial charge in [-0.15, -0.1) is 0 Å². The fourth-order valence-corrected chi connectivity index (χ4v) is 2.58. The molecule has 17 heavy (non-hydrogen) atoms. The van der Waals surface area contributed by atoms with Crippen molar-refractivity contribution in [3.05, 3.63) is 28.2 Å². The Kier molecular flexibility index (Phi) is 4.46. The average molecular weight is 298 g/mol. The van der Waals surface area contributed by atoms with Crippen LogP contribution in [0.15, 0.2) is 22.7 Å². The molecule has 1 aromatic rings. The molecule has 0 spiro atoms. The molecule has 0 amide bonds. The van der Waals surface area contributed by atoms with Crippen molar-refractivity contribution in [1.82, 2.24) is 5.32 Å². The molecule has 1 aliphatic carbocycles. The van der Waals surface area contributed by atoms with Gasteiger partial charge in [-0.25, -0.2) is 0 Å². The molecule has 1 saturated carbocycles. The second-order valence-corrected chi connectivity index (χ2v) is 5.67. The van der Waals surface area contributed by atoms with E-state index in [1.807, 2.05) is 12.1 Å². The second kappa shape index (κ2) is 5.87. The first kappa shape index (κ1) is 12.9. The molecular formula is C14H20BrNO. The number of ether oxygens (including phenoxy) is 1. The number of rotatable bonds is 5. The van der Waals surface area contributed by atoms with Crippen LogP contribution in [-0.4, -0.2) is 13.2 Å². The third kappa shape index (κ3) is 3.23. The highest BCUT2D eigenvalue weighted by atomic mass is 79.9. The zero-order valence-electron chi connectivity index (χ0n) is 10.5. The number of nitrogens with one attached hydrogen (secondary N) is 1. The summed E-state index contributed by atoms with van der Waals surface area (Å²) in [6.07, 6.45) is 4.17. The third-order valence-electron chi connectivity index (χ3n) is 3.72. The van der Waals surface area contributed by atoms with E-state index in [-0.39, 0.29) is 0 Å². The van der Waals surface area contributed by atoms with Crippen LogP contribution in [0.3, 0.4) is 0 Å². The molecule has 94 valence electrons. The van der Waals surface area contributed by atoms with Crippen molar-refractivity contribution in [3.63, 3.8) is 0 Å². The van der Waals surface area contributed by atoms with Crippen molar-refractivity contribution in [2.75, 3.05) is 7.11 Å². The van der Waals surface area contributed by atoms with Crippen molar-refractivity contribution < 1.29 is 4.74 Å². The van der Waals surface area contributed by atoms with E-state index in [0.29, 0.717) is 6.04 Å². The minimum Gasteiger partial charge on any atom is -0.497 e. The molecule has 0 heterocycles. The Morgan fingerprint density at radius 1 is 1.47 bits per heavy atom. The lowest BCUT2D eigenvalue weighted by molar-refractivity contribution is 0.240. The molecule has 0 bridgehead atoms. The van der Waals surface area contributed by atoms with Gasteiger partial charge in [0.25, 0.3) is 0 Å². The van der Waals surface area contributed by atoms with Crippen LogP contribution >= 0.6 is 15.9 Å². The Morgan fingerprint density at radius 3 is 2.82 bits per heavy atom. The first-order chi connectivity index (χ1) is 8.20. The topological polar surface area (TPSA) is 21.3 Å². The maximum atomic E-state index is 5.25. The van der Waals surface area contributed by atoms with Crippen LogP contribution < -0.4 is 10.1 Å². The van der Waals surface area contributed by atoms with Crippen LogP contribution in [0.2, 0.25) is 0 Å². The Bertz CT molecular complexity index is 376. The zero-order chi connectivity index (χ0) is 12.3. The maximum absolute atomic E-state index is 5.25. The van der Waals surface area contributed by atoms with E-state index in [1.54, 1.807) is 7.11 Å². The van der Waals surface area contributed by atoms with Gasteiger partial charge < -0.3 is 10.1 Å². The number of hydrogen-bond donors (Lipinski definition) is 1. The van der Waals surface area contributed by atoms with Gasteiger partial charge in [-0.05, 0) is 49.4 Å². The van der Waals surface area contributed by atoms with Gasteiger partial charge in [0.05, 0.1) is 7.11 Å². The van der Waals surface area contributed by atoms with Crippen molar-refractivity contribution in [1.29, 1.82) is 0 Å². The second-order valence-electron chi connectivity index (χ2n) is 4.82. The molecule has 1 aliphatic rings. The molecule has 1 fully saturated rings.